The molecule has 1 aromatic carbocycles. The number of rotatable bonds is 3. The molecule has 3 aromatic heterocycles. The lowest BCUT2D eigenvalue weighted by Gasteiger charge is -2.08. The topological polar surface area (TPSA) is 77.6 Å². The van der Waals surface area contributed by atoms with E-state index in [0.717, 1.165) is 33.8 Å². The molecular formula is C21H16ClN5. The van der Waals surface area contributed by atoms with Crippen LogP contribution in [-0.2, 0) is 0 Å². The molecule has 0 saturated heterocycles. The highest BCUT2D eigenvalue weighted by atomic mass is 35.5. The van der Waals surface area contributed by atoms with Gasteiger partial charge in [0.15, 0.2) is 5.82 Å². The Kier molecular flexibility index (Phi) is 4.52. The molecule has 6 heteroatoms. The molecule has 0 unspecified atom stereocenters. The Labute approximate surface area is 161 Å². The molecule has 0 aliphatic rings. The van der Waals surface area contributed by atoms with Gasteiger partial charge < -0.3 is 5.73 Å². The highest BCUT2D eigenvalue weighted by Crippen LogP contribution is 2.26. The Hall–Kier alpha value is -3.31. The van der Waals surface area contributed by atoms with Crippen molar-refractivity contribution >= 4 is 17.4 Å². The summed E-state index contributed by atoms with van der Waals surface area (Å²) >= 11 is 5.99. The highest BCUT2D eigenvalue weighted by molar-refractivity contribution is 6.30. The molecule has 132 valence electrons. The van der Waals surface area contributed by atoms with Gasteiger partial charge in [0, 0.05) is 39.8 Å². The summed E-state index contributed by atoms with van der Waals surface area (Å²) in [5.74, 6) is 1.12. The van der Waals surface area contributed by atoms with Crippen molar-refractivity contribution in [2.75, 3.05) is 5.73 Å². The molecule has 0 fully saturated rings. The Bertz CT molecular complexity index is 1090. The van der Waals surface area contributed by atoms with Gasteiger partial charge in [-0.25, -0.2) is 15.0 Å². The number of nitrogens with two attached hydrogens (primary N) is 1. The third-order valence-electron chi connectivity index (χ3n) is 4.09. The summed E-state index contributed by atoms with van der Waals surface area (Å²) in [6.45, 7) is 1.95. The van der Waals surface area contributed by atoms with Gasteiger partial charge in [0.1, 0.15) is 5.82 Å². The molecule has 0 spiro atoms. The standard InChI is InChI=1S/C21H16ClN5/c1-13-10-19(14-2-5-17(22)6-3-14)27-21(26-13)15-8-9-24-18(11-15)16-4-7-20(23)25-12-16/h2-12H,1H3,(H2,23,25). The van der Waals surface area contributed by atoms with E-state index in [4.69, 9.17) is 22.3 Å². The second-order valence-corrected chi connectivity index (χ2v) is 6.56. The molecule has 4 rings (SSSR count). The molecule has 0 aliphatic carbocycles. The van der Waals surface area contributed by atoms with Crippen molar-refractivity contribution < 1.29 is 0 Å². The van der Waals surface area contributed by atoms with Gasteiger partial charge in [-0.05, 0) is 49.4 Å². The summed E-state index contributed by atoms with van der Waals surface area (Å²) in [4.78, 5) is 17.9. The lowest BCUT2D eigenvalue weighted by molar-refractivity contribution is 1.11. The van der Waals surface area contributed by atoms with Gasteiger partial charge in [-0.3, -0.25) is 4.98 Å². The predicted octanol–water partition coefficient (Wildman–Crippen LogP) is 4.81. The van der Waals surface area contributed by atoms with Crippen LogP contribution in [0.25, 0.3) is 33.9 Å². The van der Waals surface area contributed by atoms with E-state index in [2.05, 4.69) is 15.0 Å². The van der Waals surface area contributed by atoms with Crippen LogP contribution in [0.5, 0.6) is 0 Å². The van der Waals surface area contributed by atoms with Gasteiger partial charge in [-0.15, -0.1) is 0 Å². The monoisotopic (exact) mass is 373 g/mol. The first-order valence-corrected chi connectivity index (χ1v) is 8.76. The normalized spacial score (nSPS) is 10.7. The minimum Gasteiger partial charge on any atom is -0.384 e. The Morgan fingerprint density at radius 3 is 2.30 bits per heavy atom. The van der Waals surface area contributed by atoms with Crippen LogP contribution in [0.3, 0.4) is 0 Å². The highest BCUT2D eigenvalue weighted by Gasteiger charge is 2.09. The van der Waals surface area contributed by atoms with Crippen LogP contribution in [0, 0.1) is 6.92 Å². The fourth-order valence-corrected chi connectivity index (χ4v) is 2.88. The third-order valence-corrected chi connectivity index (χ3v) is 4.35. The maximum Gasteiger partial charge on any atom is 0.160 e. The maximum atomic E-state index is 5.99. The number of pyridine rings is 2. The van der Waals surface area contributed by atoms with Gasteiger partial charge in [0.2, 0.25) is 0 Å². The van der Waals surface area contributed by atoms with E-state index in [-0.39, 0.29) is 0 Å². The first-order valence-electron chi connectivity index (χ1n) is 8.38. The van der Waals surface area contributed by atoms with Crippen molar-refractivity contribution in [1.82, 2.24) is 19.9 Å². The predicted molar refractivity (Wildman–Crippen MR) is 108 cm³/mol. The fourth-order valence-electron chi connectivity index (χ4n) is 2.75. The summed E-state index contributed by atoms with van der Waals surface area (Å²) in [5.41, 5.74) is 10.9. The second-order valence-electron chi connectivity index (χ2n) is 6.13. The molecule has 0 saturated carbocycles. The van der Waals surface area contributed by atoms with E-state index < -0.39 is 0 Å². The van der Waals surface area contributed by atoms with E-state index in [0.29, 0.717) is 16.7 Å². The molecule has 0 atom stereocenters. The van der Waals surface area contributed by atoms with Gasteiger partial charge in [-0.2, -0.15) is 0 Å². The molecule has 3 heterocycles. The number of aryl methyl sites for hydroxylation is 1. The van der Waals surface area contributed by atoms with E-state index >= 15 is 0 Å². The average molecular weight is 374 g/mol. The third kappa shape index (κ3) is 3.78. The van der Waals surface area contributed by atoms with Crippen LogP contribution in [0.1, 0.15) is 5.69 Å². The maximum absolute atomic E-state index is 5.99. The quantitative estimate of drug-likeness (QED) is 0.557. The smallest absolute Gasteiger partial charge is 0.160 e. The fraction of sp³-hybridized carbons (Fsp3) is 0.0476. The number of anilines is 1. The van der Waals surface area contributed by atoms with Gasteiger partial charge in [0.25, 0.3) is 0 Å². The molecule has 27 heavy (non-hydrogen) atoms. The average Bonchev–Trinajstić information content (AvgIpc) is 2.69. The number of nitrogens with zero attached hydrogens (tertiary/aromatic N) is 4. The zero-order valence-electron chi connectivity index (χ0n) is 14.6. The zero-order valence-corrected chi connectivity index (χ0v) is 15.4. The van der Waals surface area contributed by atoms with Crippen LogP contribution >= 0.6 is 11.6 Å². The van der Waals surface area contributed by atoms with Crippen LogP contribution < -0.4 is 5.73 Å². The Balaban J connectivity index is 1.76. The van der Waals surface area contributed by atoms with E-state index in [1.165, 1.54) is 0 Å². The summed E-state index contributed by atoms with van der Waals surface area (Å²) in [6, 6.07) is 17.1. The first kappa shape index (κ1) is 17.1. The SMILES string of the molecule is Cc1cc(-c2ccc(Cl)cc2)nc(-c2ccnc(-c3ccc(N)nc3)c2)n1. The summed E-state index contributed by atoms with van der Waals surface area (Å²) in [5, 5.41) is 0.695. The van der Waals surface area contributed by atoms with E-state index in [1.54, 1.807) is 18.5 Å². The lowest BCUT2D eigenvalue weighted by Crippen LogP contribution is -1.96. The van der Waals surface area contributed by atoms with Crippen molar-refractivity contribution in [2.45, 2.75) is 6.92 Å². The number of hydrogen-bond donors (Lipinski definition) is 1. The van der Waals surface area contributed by atoms with Gasteiger partial charge in [-0.1, -0.05) is 23.7 Å². The molecule has 0 bridgehead atoms. The largest absolute Gasteiger partial charge is 0.384 e. The minimum absolute atomic E-state index is 0.476. The minimum atomic E-state index is 0.476. The molecule has 4 aromatic rings. The van der Waals surface area contributed by atoms with Crippen LogP contribution in [0.15, 0.2) is 67.0 Å². The zero-order chi connectivity index (χ0) is 18.8. The second kappa shape index (κ2) is 7.13. The number of benzene rings is 1. The number of aromatic nitrogens is 4. The molecule has 0 amide bonds. The number of halogens is 1. The van der Waals surface area contributed by atoms with Crippen LogP contribution in [-0.4, -0.2) is 19.9 Å². The van der Waals surface area contributed by atoms with Crippen molar-refractivity contribution in [2.24, 2.45) is 0 Å². The number of hydrogen-bond acceptors (Lipinski definition) is 5. The van der Waals surface area contributed by atoms with Crippen molar-refractivity contribution in [3.63, 3.8) is 0 Å². The van der Waals surface area contributed by atoms with Crippen molar-refractivity contribution in [3.05, 3.63) is 77.7 Å². The first-order chi connectivity index (χ1) is 13.1. The Morgan fingerprint density at radius 1 is 0.778 bits per heavy atom. The molecule has 0 aliphatic heterocycles. The van der Waals surface area contributed by atoms with Crippen molar-refractivity contribution in [3.8, 4) is 33.9 Å². The lowest BCUT2D eigenvalue weighted by atomic mass is 10.1. The molecule has 2 N–H and O–H groups in total. The van der Waals surface area contributed by atoms with Crippen LogP contribution in [0.4, 0.5) is 5.82 Å². The van der Waals surface area contributed by atoms with E-state index in [1.807, 2.05) is 55.5 Å². The number of nitrogen functional groups attached to an aromatic ring is 1. The van der Waals surface area contributed by atoms with Gasteiger partial charge >= 0.3 is 0 Å². The van der Waals surface area contributed by atoms with E-state index in [9.17, 15) is 0 Å². The molecule has 5 nitrogen and oxygen atoms in total. The summed E-state index contributed by atoms with van der Waals surface area (Å²) in [6.07, 6.45) is 3.45. The summed E-state index contributed by atoms with van der Waals surface area (Å²) in [7, 11) is 0. The van der Waals surface area contributed by atoms with Crippen LogP contribution in [0.2, 0.25) is 5.02 Å². The Morgan fingerprint density at radius 2 is 1.56 bits per heavy atom. The van der Waals surface area contributed by atoms with Crippen molar-refractivity contribution in [1.29, 1.82) is 0 Å². The molecular weight excluding hydrogens is 358 g/mol. The van der Waals surface area contributed by atoms with Gasteiger partial charge in [0.05, 0.1) is 11.4 Å². The summed E-state index contributed by atoms with van der Waals surface area (Å²) < 4.78 is 0. The molecule has 0 radical (unpaired) electrons.